The molecular formula is C9H4ClNOS. The van der Waals surface area contributed by atoms with E-state index in [0.29, 0.717) is 10.0 Å². The molecule has 0 radical (unpaired) electrons. The van der Waals surface area contributed by atoms with Crippen LogP contribution in [-0.4, -0.2) is 6.08 Å². The van der Waals surface area contributed by atoms with Gasteiger partial charge in [-0.2, -0.15) is 4.99 Å². The van der Waals surface area contributed by atoms with Gasteiger partial charge in [-0.3, -0.25) is 0 Å². The number of nitrogens with zero attached hydrogens (tertiary/aromatic N) is 1. The second kappa shape index (κ2) is 3.30. The van der Waals surface area contributed by atoms with E-state index in [9.17, 15) is 4.79 Å². The van der Waals surface area contributed by atoms with E-state index in [0.717, 1.165) is 10.1 Å². The van der Waals surface area contributed by atoms with Gasteiger partial charge in [-0.1, -0.05) is 23.7 Å². The first kappa shape index (κ1) is 8.45. The molecule has 64 valence electrons. The van der Waals surface area contributed by atoms with Gasteiger partial charge in [-0.05, 0) is 17.5 Å². The maximum atomic E-state index is 10.0. The molecule has 0 aliphatic carbocycles. The fourth-order valence-corrected chi connectivity index (χ4v) is 2.30. The molecule has 13 heavy (non-hydrogen) atoms. The first-order valence-corrected chi connectivity index (χ1v) is 4.76. The zero-order valence-corrected chi connectivity index (χ0v) is 8.02. The lowest BCUT2D eigenvalue weighted by Crippen LogP contribution is -1.62. The lowest BCUT2D eigenvalue weighted by atomic mass is 10.3. The lowest BCUT2D eigenvalue weighted by Gasteiger charge is -1.89. The van der Waals surface area contributed by atoms with E-state index in [2.05, 4.69) is 4.99 Å². The SMILES string of the molecule is O=C=Nc1cc2cccc(Cl)c2s1. The van der Waals surface area contributed by atoms with Crippen molar-refractivity contribution in [2.24, 2.45) is 4.99 Å². The van der Waals surface area contributed by atoms with Crippen LogP contribution < -0.4 is 0 Å². The average Bonchev–Trinajstić information content (AvgIpc) is 2.49. The highest BCUT2D eigenvalue weighted by molar-refractivity contribution is 7.23. The minimum atomic E-state index is 0.637. The Labute approximate surface area is 83.5 Å². The number of thiophene rings is 1. The molecule has 4 heteroatoms. The van der Waals surface area contributed by atoms with Gasteiger partial charge in [0.25, 0.3) is 0 Å². The molecule has 2 aromatic rings. The molecule has 0 aliphatic heterocycles. The predicted octanol–water partition coefficient (Wildman–Crippen LogP) is 3.52. The Hall–Kier alpha value is -1.15. The van der Waals surface area contributed by atoms with Gasteiger partial charge < -0.3 is 0 Å². The van der Waals surface area contributed by atoms with E-state index in [-0.39, 0.29) is 0 Å². The van der Waals surface area contributed by atoms with E-state index in [4.69, 9.17) is 11.6 Å². The highest BCUT2D eigenvalue weighted by Crippen LogP contribution is 2.35. The normalized spacial score (nSPS) is 9.92. The van der Waals surface area contributed by atoms with Gasteiger partial charge in [0.2, 0.25) is 6.08 Å². The molecule has 0 bridgehead atoms. The second-order valence-corrected chi connectivity index (χ2v) is 3.88. The fraction of sp³-hybridized carbons (Fsp3) is 0. The van der Waals surface area contributed by atoms with Gasteiger partial charge in [-0.15, -0.1) is 11.3 Å². The summed E-state index contributed by atoms with van der Waals surface area (Å²) in [4.78, 5) is 13.6. The van der Waals surface area contributed by atoms with Gasteiger partial charge in [-0.25, -0.2) is 4.79 Å². The van der Waals surface area contributed by atoms with Crippen LogP contribution in [0.3, 0.4) is 0 Å². The summed E-state index contributed by atoms with van der Waals surface area (Å²) in [5, 5.41) is 2.33. The number of hydrogen-bond acceptors (Lipinski definition) is 3. The van der Waals surface area contributed by atoms with Crippen molar-refractivity contribution in [1.29, 1.82) is 0 Å². The van der Waals surface area contributed by atoms with Crippen molar-refractivity contribution in [2.45, 2.75) is 0 Å². The summed E-state index contributed by atoms with van der Waals surface area (Å²) in [6.07, 6.45) is 1.51. The maximum absolute atomic E-state index is 10.0. The molecule has 0 N–H and O–H groups in total. The van der Waals surface area contributed by atoms with Crippen LogP contribution in [0.4, 0.5) is 5.00 Å². The number of aliphatic imine (C=N–C) groups is 1. The summed E-state index contributed by atoms with van der Waals surface area (Å²) >= 11 is 7.33. The highest BCUT2D eigenvalue weighted by atomic mass is 35.5. The standard InChI is InChI=1S/C9H4ClNOS/c10-7-3-1-2-6-4-8(11-5-12)13-9(6)7/h1-4H. The van der Waals surface area contributed by atoms with Crippen LogP contribution in [0.2, 0.25) is 5.02 Å². The van der Waals surface area contributed by atoms with Crippen LogP contribution in [0, 0.1) is 0 Å². The van der Waals surface area contributed by atoms with Crippen LogP contribution in [-0.2, 0) is 4.79 Å². The van der Waals surface area contributed by atoms with Crippen LogP contribution in [0.5, 0.6) is 0 Å². The molecule has 1 heterocycles. The molecule has 0 amide bonds. The van der Waals surface area contributed by atoms with E-state index in [1.807, 2.05) is 24.3 Å². The number of hydrogen-bond donors (Lipinski definition) is 0. The quantitative estimate of drug-likeness (QED) is 0.522. The minimum Gasteiger partial charge on any atom is -0.211 e. The van der Waals surface area contributed by atoms with Crippen molar-refractivity contribution in [2.75, 3.05) is 0 Å². The zero-order chi connectivity index (χ0) is 9.26. The van der Waals surface area contributed by atoms with Crippen LogP contribution in [0.15, 0.2) is 29.3 Å². The Bertz CT molecular complexity index is 499. The Morgan fingerprint density at radius 1 is 1.46 bits per heavy atom. The second-order valence-electron chi connectivity index (χ2n) is 2.45. The molecule has 0 spiro atoms. The third kappa shape index (κ3) is 1.49. The summed E-state index contributed by atoms with van der Waals surface area (Å²) in [5.74, 6) is 0. The van der Waals surface area contributed by atoms with E-state index < -0.39 is 0 Å². The largest absolute Gasteiger partial charge is 0.241 e. The monoisotopic (exact) mass is 209 g/mol. The molecule has 0 atom stereocenters. The fourth-order valence-electron chi connectivity index (χ4n) is 1.11. The summed E-state index contributed by atoms with van der Waals surface area (Å²) < 4.78 is 0.957. The molecular weight excluding hydrogens is 206 g/mol. The third-order valence-corrected chi connectivity index (χ3v) is 3.14. The molecule has 0 fully saturated rings. The first-order chi connectivity index (χ1) is 6.31. The van der Waals surface area contributed by atoms with Crippen molar-refractivity contribution in [3.05, 3.63) is 29.3 Å². The summed E-state index contributed by atoms with van der Waals surface area (Å²) in [7, 11) is 0. The third-order valence-electron chi connectivity index (χ3n) is 1.64. The summed E-state index contributed by atoms with van der Waals surface area (Å²) in [5.41, 5.74) is 0. The Kier molecular flexibility index (Phi) is 2.15. The molecule has 1 aromatic carbocycles. The number of fused-ring (bicyclic) bond motifs is 1. The van der Waals surface area contributed by atoms with Crippen LogP contribution in [0.1, 0.15) is 0 Å². The van der Waals surface area contributed by atoms with Crippen molar-refractivity contribution < 1.29 is 4.79 Å². The van der Waals surface area contributed by atoms with Gasteiger partial charge in [0, 0.05) is 0 Å². The Balaban J connectivity index is 2.75. The summed E-state index contributed by atoms with van der Waals surface area (Å²) in [6, 6.07) is 7.43. The van der Waals surface area contributed by atoms with Crippen molar-refractivity contribution in [3.63, 3.8) is 0 Å². The van der Waals surface area contributed by atoms with Gasteiger partial charge >= 0.3 is 0 Å². The van der Waals surface area contributed by atoms with Gasteiger partial charge in [0.15, 0.2) is 0 Å². The maximum Gasteiger partial charge on any atom is 0.241 e. The van der Waals surface area contributed by atoms with E-state index in [1.54, 1.807) is 0 Å². The number of benzene rings is 1. The molecule has 0 aliphatic rings. The molecule has 0 unspecified atom stereocenters. The van der Waals surface area contributed by atoms with Crippen LogP contribution >= 0.6 is 22.9 Å². The number of isocyanates is 1. The number of halogens is 1. The first-order valence-electron chi connectivity index (χ1n) is 3.57. The lowest BCUT2D eigenvalue weighted by molar-refractivity contribution is 0.565. The number of rotatable bonds is 1. The van der Waals surface area contributed by atoms with E-state index in [1.165, 1.54) is 17.4 Å². The summed E-state index contributed by atoms with van der Waals surface area (Å²) in [6.45, 7) is 0. The highest BCUT2D eigenvalue weighted by Gasteiger charge is 2.03. The van der Waals surface area contributed by atoms with Crippen molar-refractivity contribution in [3.8, 4) is 0 Å². The molecule has 1 aromatic heterocycles. The van der Waals surface area contributed by atoms with Gasteiger partial charge in [0.05, 0.1) is 9.72 Å². The minimum absolute atomic E-state index is 0.637. The van der Waals surface area contributed by atoms with E-state index >= 15 is 0 Å². The topological polar surface area (TPSA) is 29.4 Å². The Morgan fingerprint density at radius 3 is 3.00 bits per heavy atom. The number of carbonyl (C=O) groups excluding carboxylic acids is 1. The molecule has 0 saturated heterocycles. The average molecular weight is 210 g/mol. The molecule has 2 rings (SSSR count). The van der Waals surface area contributed by atoms with Crippen LogP contribution in [0.25, 0.3) is 10.1 Å². The van der Waals surface area contributed by atoms with Gasteiger partial charge in [0.1, 0.15) is 5.00 Å². The van der Waals surface area contributed by atoms with Crippen molar-refractivity contribution in [1.82, 2.24) is 0 Å². The smallest absolute Gasteiger partial charge is 0.211 e. The molecule has 2 nitrogen and oxygen atoms in total. The Morgan fingerprint density at radius 2 is 2.31 bits per heavy atom. The van der Waals surface area contributed by atoms with Crippen molar-refractivity contribution >= 4 is 44.1 Å². The molecule has 0 saturated carbocycles. The zero-order valence-electron chi connectivity index (χ0n) is 6.45. The predicted molar refractivity (Wildman–Crippen MR) is 54.6 cm³/mol.